The van der Waals surface area contributed by atoms with Gasteiger partial charge in [0.25, 0.3) is 0 Å². The fourth-order valence-corrected chi connectivity index (χ4v) is 2.59. The van der Waals surface area contributed by atoms with Gasteiger partial charge in [0, 0.05) is 5.56 Å². The first kappa shape index (κ1) is 8.66. The van der Waals surface area contributed by atoms with Gasteiger partial charge in [-0.1, -0.05) is 34.8 Å². The minimum absolute atomic E-state index is 0.547. The van der Waals surface area contributed by atoms with E-state index >= 15 is 0 Å². The van der Waals surface area contributed by atoms with Crippen LogP contribution in [0.4, 0.5) is 0 Å². The number of hydrogen-bond acceptors (Lipinski definition) is 1. The van der Waals surface area contributed by atoms with E-state index in [9.17, 15) is 0 Å². The average molecular weight is 215 g/mol. The third-order valence-electron chi connectivity index (χ3n) is 1.10. The highest BCUT2D eigenvalue weighted by molar-refractivity contribution is 7.20. The van der Waals surface area contributed by atoms with Crippen LogP contribution in [0.2, 0.25) is 13.7 Å². The molecule has 10 heavy (non-hydrogen) atoms. The molecule has 0 atom stereocenters. The molecule has 0 aliphatic carbocycles. The van der Waals surface area contributed by atoms with Crippen LogP contribution in [-0.4, -0.2) is 0 Å². The molecule has 1 aromatic rings. The van der Waals surface area contributed by atoms with E-state index in [0.717, 1.165) is 5.56 Å². The summed E-state index contributed by atoms with van der Waals surface area (Å²) in [6, 6.07) is 0. The maximum absolute atomic E-state index is 5.77. The van der Waals surface area contributed by atoms with Crippen molar-refractivity contribution >= 4 is 46.1 Å². The van der Waals surface area contributed by atoms with Crippen molar-refractivity contribution in [2.45, 2.75) is 6.42 Å². The van der Waals surface area contributed by atoms with Gasteiger partial charge in [0.1, 0.15) is 4.34 Å². The second-order valence-corrected chi connectivity index (χ2v) is 4.29. The van der Waals surface area contributed by atoms with E-state index in [2.05, 4.69) is 6.92 Å². The first-order chi connectivity index (χ1) is 4.66. The van der Waals surface area contributed by atoms with Gasteiger partial charge in [-0.25, -0.2) is 0 Å². The summed E-state index contributed by atoms with van der Waals surface area (Å²) in [6.07, 6.45) is 0.584. The first-order valence-electron chi connectivity index (χ1n) is 2.58. The zero-order valence-electron chi connectivity index (χ0n) is 4.96. The molecular formula is C6H4Cl3S. The van der Waals surface area contributed by atoms with Crippen molar-refractivity contribution in [3.63, 3.8) is 0 Å². The standard InChI is InChI=1S/C6H4Cl3S/c1-2-3-4(7)6(9)10-5(3)8/h1-2H2. The van der Waals surface area contributed by atoms with Gasteiger partial charge in [0.05, 0.1) is 9.36 Å². The molecule has 0 aliphatic rings. The molecule has 0 bridgehead atoms. The monoisotopic (exact) mass is 213 g/mol. The van der Waals surface area contributed by atoms with Crippen LogP contribution in [0.25, 0.3) is 0 Å². The normalized spacial score (nSPS) is 10.4. The second-order valence-electron chi connectivity index (χ2n) is 1.69. The summed E-state index contributed by atoms with van der Waals surface area (Å²) in [6.45, 7) is 3.67. The van der Waals surface area contributed by atoms with E-state index in [1.165, 1.54) is 11.3 Å². The summed E-state index contributed by atoms with van der Waals surface area (Å²) in [7, 11) is 0. The Morgan fingerprint density at radius 1 is 1.20 bits per heavy atom. The molecule has 55 valence electrons. The summed E-state index contributed by atoms with van der Waals surface area (Å²) < 4.78 is 1.19. The van der Waals surface area contributed by atoms with Crippen molar-refractivity contribution in [1.82, 2.24) is 0 Å². The van der Waals surface area contributed by atoms with Gasteiger partial charge >= 0.3 is 0 Å². The third kappa shape index (κ3) is 1.42. The van der Waals surface area contributed by atoms with E-state index < -0.39 is 0 Å². The lowest BCUT2D eigenvalue weighted by atomic mass is 10.3. The Balaban J connectivity index is 3.20. The Kier molecular flexibility index (Phi) is 2.87. The minimum Gasteiger partial charge on any atom is -0.110 e. The number of thiophene rings is 1. The van der Waals surface area contributed by atoms with E-state index in [1.807, 2.05) is 0 Å². The Hall–Kier alpha value is 0.570. The molecule has 1 radical (unpaired) electrons. The molecule has 0 aliphatic heterocycles. The summed E-state index contributed by atoms with van der Waals surface area (Å²) in [5, 5.41) is 0.548. The highest BCUT2D eigenvalue weighted by Crippen LogP contribution is 2.39. The molecule has 1 heterocycles. The molecule has 4 heteroatoms. The maximum atomic E-state index is 5.77. The van der Waals surface area contributed by atoms with Crippen LogP contribution in [0.1, 0.15) is 5.56 Å². The molecule has 0 unspecified atom stereocenters. The van der Waals surface area contributed by atoms with Crippen molar-refractivity contribution in [2.24, 2.45) is 0 Å². The Bertz CT molecular complexity index is 241. The summed E-state index contributed by atoms with van der Waals surface area (Å²) in [5.74, 6) is 0. The highest BCUT2D eigenvalue weighted by Gasteiger charge is 2.11. The number of hydrogen-bond donors (Lipinski definition) is 0. The lowest BCUT2D eigenvalue weighted by molar-refractivity contribution is 1.30. The van der Waals surface area contributed by atoms with Crippen LogP contribution < -0.4 is 0 Å². The van der Waals surface area contributed by atoms with E-state index in [1.54, 1.807) is 0 Å². The van der Waals surface area contributed by atoms with Crippen molar-refractivity contribution in [3.05, 3.63) is 26.2 Å². The Labute approximate surface area is 78.7 Å². The molecule has 0 N–H and O–H groups in total. The SMILES string of the molecule is [CH2]Cc1c(Cl)sc(Cl)c1Cl. The summed E-state index contributed by atoms with van der Waals surface area (Å²) in [5.41, 5.74) is 0.846. The van der Waals surface area contributed by atoms with Crippen molar-refractivity contribution in [3.8, 4) is 0 Å². The highest BCUT2D eigenvalue weighted by atomic mass is 35.5. The molecule has 1 aromatic heterocycles. The van der Waals surface area contributed by atoms with Gasteiger partial charge in [-0.3, -0.25) is 0 Å². The van der Waals surface area contributed by atoms with Gasteiger partial charge in [-0.05, 0) is 13.3 Å². The second kappa shape index (κ2) is 3.31. The molecule has 0 fully saturated rings. The molecule has 1 rings (SSSR count). The zero-order chi connectivity index (χ0) is 7.72. The van der Waals surface area contributed by atoms with E-state index in [0.29, 0.717) is 20.1 Å². The molecule has 0 amide bonds. The third-order valence-corrected chi connectivity index (χ3v) is 3.42. The predicted molar refractivity (Wildman–Crippen MR) is 48.4 cm³/mol. The van der Waals surface area contributed by atoms with Gasteiger partial charge in [0.15, 0.2) is 0 Å². The van der Waals surface area contributed by atoms with Gasteiger partial charge in [-0.2, -0.15) is 0 Å². The van der Waals surface area contributed by atoms with Crippen LogP contribution in [0.5, 0.6) is 0 Å². The molecular weight excluding hydrogens is 210 g/mol. The quantitative estimate of drug-likeness (QED) is 0.661. The topological polar surface area (TPSA) is 0 Å². The lowest BCUT2D eigenvalue weighted by Crippen LogP contribution is -1.74. The number of halogens is 3. The number of rotatable bonds is 1. The van der Waals surface area contributed by atoms with Crippen LogP contribution in [-0.2, 0) is 6.42 Å². The minimum atomic E-state index is 0.547. The van der Waals surface area contributed by atoms with E-state index in [-0.39, 0.29) is 0 Å². The largest absolute Gasteiger partial charge is 0.113 e. The first-order valence-corrected chi connectivity index (χ1v) is 4.53. The molecule has 0 saturated heterocycles. The van der Waals surface area contributed by atoms with Crippen molar-refractivity contribution in [1.29, 1.82) is 0 Å². The summed E-state index contributed by atoms with van der Waals surface area (Å²) in [4.78, 5) is 0. The van der Waals surface area contributed by atoms with Crippen LogP contribution >= 0.6 is 46.1 Å². The summed E-state index contributed by atoms with van der Waals surface area (Å²) >= 11 is 18.5. The lowest BCUT2D eigenvalue weighted by Gasteiger charge is -1.90. The van der Waals surface area contributed by atoms with Crippen LogP contribution in [0, 0.1) is 6.92 Å². The van der Waals surface area contributed by atoms with Gasteiger partial charge in [0.2, 0.25) is 0 Å². The van der Waals surface area contributed by atoms with Crippen LogP contribution in [0.15, 0.2) is 0 Å². The molecule has 0 nitrogen and oxygen atoms in total. The fraction of sp³-hybridized carbons (Fsp3) is 0.167. The fourth-order valence-electron chi connectivity index (χ4n) is 0.598. The zero-order valence-corrected chi connectivity index (χ0v) is 8.04. The molecule has 0 aromatic carbocycles. The van der Waals surface area contributed by atoms with Crippen molar-refractivity contribution < 1.29 is 0 Å². The smallest absolute Gasteiger partial charge is 0.110 e. The van der Waals surface area contributed by atoms with Crippen molar-refractivity contribution in [2.75, 3.05) is 0 Å². The maximum Gasteiger partial charge on any atom is 0.113 e. The van der Waals surface area contributed by atoms with E-state index in [4.69, 9.17) is 34.8 Å². The molecule has 0 spiro atoms. The predicted octanol–water partition coefficient (Wildman–Crippen LogP) is 4.08. The Morgan fingerprint density at radius 2 is 1.80 bits per heavy atom. The van der Waals surface area contributed by atoms with Crippen LogP contribution in [0.3, 0.4) is 0 Å². The average Bonchev–Trinajstić information content (AvgIpc) is 2.09. The van der Waals surface area contributed by atoms with Gasteiger partial charge in [-0.15, -0.1) is 11.3 Å². The molecule has 0 saturated carbocycles. The van der Waals surface area contributed by atoms with Gasteiger partial charge < -0.3 is 0 Å². The Morgan fingerprint density at radius 3 is 2.00 bits per heavy atom.